The molecule has 3 heterocycles. The van der Waals surface area contributed by atoms with E-state index in [9.17, 15) is 18.4 Å². The van der Waals surface area contributed by atoms with Gasteiger partial charge < -0.3 is 14.5 Å². The molecule has 2 aliphatic rings. The van der Waals surface area contributed by atoms with Gasteiger partial charge in [0.1, 0.15) is 12.4 Å². The lowest BCUT2D eigenvalue weighted by molar-refractivity contribution is -0.143. The molecule has 1 spiro atoms. The molecule has 2 aliphatic heterocycles. The zero-order chi connectivity index (χ0) is 19.7. The lowest BCUT2D eigenvalue weighted by Gasteiger charge is -2.46. The van der Waals surface area contributed by atoms with Crippen molar-refractivity contribution in [3.05, 3.63) is 59.9 Å². The number of benzene rings is 1. The summed E-state index contributed by atoms with van der Waals surface area (Å²) < 4.78 is 33.3. The number of morpholine rings is 1. The van der Waals surface area contributed by atoms with Crippen molar-refractivity contribution in [2.24, 2.45) is 0 Å². The molecule has 2 amide bonds. The Hall–Kier alpha value is -2.87. The molecule has 28 heavy (non-hydrogen) atoms. The molecule has 0 bridgehead atoms. The molecule has 0 unspecified atom stereocenters. The third-order valence-corrected chi connectivity index (χ3v) is 5.29. The fourth-order valence-corrected chi connectivity index (χ4v) is 3.71. The Balaban J connectivity index is 1.47. The van der Waals surface area contributed by atoms with Crippen LogP contribution in [0, 0.1) is 11.6 Å². The molecule has 0 atom stereocenters. The van der Waals surface area contributed by atoms with E-state index in [1.54, 1.807) is 17.0 Å². The van der Waals surface area contributed by atoms with Gasteiger partial charge in [-0.3, -0.25) is 9.59 Å². The second-order valence-corrected chi connectivity index (χ2v) is 7.06. The molecule has 146 valence electrons. The summed E-state index contributed by atoms with van der Waals surface area (Å²) in [6, 6.07) is 8.53. The average molecular weight is 387 g/mol. The van der Waals surface area contributed by atoms with Crippen molar-refractivity contribution in [2.45, 2.75) is 18.4 Å². The van der Waals surface area contributed by atoms with Gasteiger partial charge in [0, 0.05) is 25.0 Å². The predicted octanol–water partition coefficient (Wildman–Crippen LogP) is 2.40. The lowest BCUT2D eigenvalue weighted by atomic mass is 9.88. The van der Waals surface area contributed by atoms with Crippen LogP contribution in [0.25, 0.3) is 0 Å². The van der Waals surface area contributed by atoms with Crippen molar-refractivity contribution in [3.63, 3.8) is 0 Å². The number of amides is 2. The molecular weight excluding hydrogens is 368 g/mol. The highest BCUT2D eigenvalue weighted by Crippen LogP contribution is 2.33. The van der Waals surface area contributed by atoms with Crippen LogP contribution >= 0.6 is 0 Å². The number of hydrogen-bond acceptors (Lipinski definition) is 4. The van der Waals surface area contributed by atoms with Gasteiger partial charge in [0.05, 0.1) is 12.1 Å². The molecule has 0 saturated carbocycles. The number of rotatable bonds is 2. The number of likely N-dealkylation sites (tertiary alicyclic amines) is 1. The molecule has 1 aromatic carbocycles. The van der Waals surface area contributed by atoms with Gasteiger partial charge in [0.15, 0.2) is 11.5 Å². The Morgan fingerprint density at radius 1 is 1.14 bits per heavy atom. The van der Waals surface area contributed by atoms with Crippen LogP contribution in [0.15, 0.2) is 42.6 Å². The Morgan fingerprint density at radius 3 is 2.64 bits per heavy atom. The molecule has 4 rings (SSSR count). The van der Waals surface area contributed by atoms with Crippen LogP contribution in [0.3, 0.4) is 0 Å². The maximum Gasteiger partial charge on any atom is 0.275 e. The summed E-state index contributed by atoms with van der Waals surface area (Å²) in [6.45, 7) is 0.911. The average Bonchev–Trinajstić information content (AvgIpc) is 2.70. The van der Waals surface area contributed by atoms with Crippen molar-refractivity contribution in [1.82, 2.24) is 9.88 Å². The van der Waals surface area contributed by atoms with E-state index >= 15 is 0 Å². The number of anilines is 1. The minimum absolute atomic E-state index is 0.0979. The highest BCUT2D eigenvalue weighted by Gasteiger charge is 2.43. The first kappa shape index (κ1) is 18.5. The fourth-order valence-electron chi connectivity index (χ4n) is 3.71. The largest absolute Gasteiger partial charge is 0.363 e. The monoisotopic (exact) mass is 387 g/mol. The van der Waals surface area contributed by atoms with E-state index in [0.29, 0.717) is 31.6 Å². The van der Waals surface area contributed by atoms with Crippen LogP contribution in [0.1, 0.15) is 23.3 Å². The standard InChI is InChI=1S/C20H19F2N3O3/c21-14-3-1-4-15(11-14)25-13-20(28-12-17(25)26)6-9-24(10-7-20)19(27)18-16(22)5-2-8-23-18/h1-5,8,11H,6-7,9-10,12-13H2. The van der Waals surface area contributed by atoms with Gasteiger partial charge >= 0.3 is 0 Å². The predicted molar refractivity (Wildman–Crippen MR) is 96.8 cm³/mol. The minimum Gasteiger partial charge on any atom is -0.363 e. The van der Waals surface area contributed by atoms with E-state index in [1.807, 2.05) is 0 Å². The minimum atomic E-state index is -0.649. The Kier molecular flexibility index (Phi) is 4.80. The molecule has 0 N–H and O–H groups in total. The summed E-state index contributed by atoms with van der Waals surface area (Å²) in [6.07, 6.45) is 2.37. The maximum absolute atomic E-state index is 13.8. The number of carbonyl (C=O) groups is 2. The zero-order valence-electron chi connectivity index (χ0n) is 15.1. The van der Waals surface area contributed by atoms with Crippen LogP contribution in [0.2, 0.25) is 0 Å². The molecule has 8 heteroatoms. The molecule has 0 aliphatic carbocycles. The fraction of sp³-hybridized carbons (Fsp3) is 0.350. The van der Waals surface area contributed by atoms with Gasteiger partial charge in [0.2, 0.25) is 0 Å². The highest BCUT2D eigenvalue weighted by molar-refractivity contribution is 5.95. The third kappa shape index (κ3) is 3.47. The van der Waals surface area contributed by atoms with Gasteiger partial charge in [-0.2, -0.15) is 0 Å². The number of aromatic nitrogens is 1. The highest BCUT2D eigenvalue weighted by atomic mass is 19.1. The Labute approximate surface area is 160 Å². The summed E-state index contributed by atoms with van der Waals surface area (Å²) in [4.78, 5) is 31.8. The number of carbonyl (C=O) groups excluding carboxylic acids is 2. The Morgan fingerprint density at radius 2 is 1.93 bits per heavy atom. The van der Waals surface area contributed by atoms with Crippen molar-refractivity contribution in [2.75, 3.05) is 31.1 Å². The molecule has 2 aromatic rings. The van der Waals surface area contributed by atoms with Crippen molar-refractivity contribution < 1.29 is 23.1 Å². The SMILES string of the molecule is O=C(c1ncccc1F)N1CCC2(CC1)CN(c1cccc(F)c1)C(=O)CO2. The molecule has 2 fully saturated rings. The van der Waals surface area contributed by atoms with Gasteiger partial charge in [-0.15, -0.1) is 0 Å². The molecule has 1 aromatic heterocycles. The number of hydrogen-bond donors (Lipinski definition) is 0. The van der Waals surface area contributed by atoms with Gasteiger partial charge in [-0.05, 0) is 43.2 Å². The third-order valence-electron chi connectivity index (χ3n) is 5.29. The first-order valence-corrected chi connectivity index (χ1v) is 9.07. The van der Waals surface area contributed by atoms with Crippen LogP contribution in [0.5, 0.6) is 0 Å². The van der Waals surface area contributed by atoms with Crippen LogP contribution in [-0.2, 0) is 9.53 Å². The summed E-state index contributed by atoms with van der Waals surface area (Å²) in [5.74, 6) is -1.75. The number of ether oxygens (including phenoxy) is 1. The topological polar surface area (TPSA) is 62.7 Å². The van der Waals surface area contributed by atoms with Crippen LogP contribution in [-0.4, -0.2) is 53.5 Å². The molecule has 2 saturated heterocycles. The van der Waals surface area contributed by atoms with Crippen molar-refractivity contribution in [1.29, 1.82) is 0 Å². The van der Waals surface area contributed by atoms with Gasteiger partial charge in [-0.25, -0.2) is 13.8 Å². The van der Waals surface area contributed by atoms with E-state index in [2.05, 4.69) is 4.98 Å². The first-order chi connectivity index (χ1) is 13.5. The molecule has 0 radical (unpaired) electrons. The van der Waals surface area contributed by atoms with Crippen LogP contribution in [0.4, 0.5) is 14.5 Å². The number of nitrogens with zero attached hydrogens (tertiary/aromatic N) is 3. The second kappa shape index (κ2) is 7.27. The van der Waals surface area contributed by atoms with Crippen molar-refractivity contribution in [3.8, 4) is 0 Å². The number of halogens is 2. The van der Waals surface area contributed by atoms with E-state index in [4.69, 9.17) is 4.74 Å². The van der Waals surface area contributed by atoms with E-state index in [1.165, 1.54) is 35.4 Å². The Bertz CT molecular complexity index is 913. The van der Waals surface area contributed by atoms with Gasteiger partial charge in [0.25, 0.3) is 11.8 Å². The quantitative estimate of drug-likeness (QED) is 0.794. The smallest absolute Gasteiger partial charge is 0.275 e. The van der Waals surface area contributed by atoms with E-state index in [0.717, 1.165) is 0 Å². The summed E-state index contributed by atoms with van der Waals surface area (Å²) in [5, 5.41) is 0. The van der Waals surface area contributed by atoms with E-state index < -0.39 is 23.1 Å². The van der Waals surface area contributed by atoms with Crippen molar-refractivity contribution >= 4 is 17.5 Å². The molecule has 6 nitrogen and oxygen atoms in total. The first-order valence-electron chi connectivity index (χ1n) is 9.07. The van der Waals surface area contributed by atoms with E-state index in [-0.39, 0.29) is 24.8 Å². The normalized spacial score (nSPS) is 19.1. The zero-order valence-corrected chi connectivity index (χ0v) is 15.1. The summed E-state index contributed by atoms with van der Waals surface area (Å²) >= 11 is 0. The second-order valence-electron chi connectivity index (χ2n) is 7.06. The van der Waals surface area contributed by atoms with Crippen LogP contribution < -0.4 is 4.90 Å². The number of piperidine rings is 1. The summed E-state index contributed by atoms with van der Waals surface area (Å²) in [5.41, 5.74) is -0.319. The molecular formula is C20H19F2N3O3. The summed E-state index contributed by atoms with van der Waals surface area (Å²) in [7, 11) is 0. The lowest BCUT2D eigenvalue weighted by Crippen LogP contribution is -2.59. The maximum atomic E-state index is 13.8. The van der Waals surface area contributed by atoms with Gasteiger partial charge in [-0.1, -0.05) is 6.07 Å². The number of pyridine rings is 1.